The highest BCUT2D eigenvalue weighted by atomic mass is 35.5. The Kier molecular flexibility index (Phi) is 4.27. The zero-order valence-electron chi connectivity index (χ0n) is 10.8. The van der Waals surface area contributed by atoms with Crippen LogP contribution in [0.15, 0.2) is 18.2 Å². The lowest BCUT2D eigenvalue weighted by molar-refractivity contribution is 0.421. The van der Waals surface area contributed by atoms with E-state index in [1.165, 1.54) is 25.7 Å². The average Bonchev–Trinajstić information content (AvgIpc) is 3.12. The van der Waals surface area contributed by atoms with Crippen molar-refractivity contribution in [2.45, 2.75) is 39.2 Å². The summed E-state index contributed by atoms with van der Waals surface area (Å²) in [6.07, 6.45) is 5.30. The van der Waals surface area contributed by atoms with Crippen LogP contribution in [0, 0.1) is 16.7 Å². The van der Waals surface area contributed by atoms with E-state index >= 15 is 0 Å². The molecule has 0 radical (unpaired) electrons. The van der Waals surface area contributed by atoms with Gasteiger partial charge in [-0.05, 0) is 42.4 Å². The van der Waals surface area contributed by atoms with Crippen LogP contribution in [0.3, 0.4) is 0 Å². The van der Waals surface area contributed by atoms with Crippen molar-refractivity contribution >= 4 is 11.6 Å². The molecule has 0 heterocycles. The Labute approximate surface area is 114 Å². The van der Waals surface area contributed by atoms with Gasteiger partial charge in [-0.3, -0.25) is 0 Å². The normalized spacial score (nSPS) is 16.3. The zero-order chi connectivity index (χ0) is 13.0. The predicted molar refractivity (Wildman–Crippen MR) is 74.4 cm³/mol. The first-order valence-corrected chi connectivity index (χ1v) is 6.96. The third-order valence-electron chi connectivity index (χ3n) is 3.74. The molecule has 0 saturated heterocycles. The van der Waals surface area contributed by atoms with Crippen molar-refractivity contribution in [3.05, 3.63) is 34.3 Å². The first-order valence-electron chi connectivity index (χ1n) is 6.58. The molecule has 1 aliphatic rings. The van der Waals surface area contributed by atoms with Crippen molar-refractivity contribution in [1.82, 2.24) is 5.32 Å². The average molecular weight is 263 g/mol. The maximum atomic E-state index is 8.78. The van der Waals surface area contributed by atoms with Crippen LogP contribution in [-0.4, -0.2) is 6.54 Å². The molecule has 0 atom stereocenters. The molecule has 1 saturated carbocycles. The largest absolute Gasteiger partial charge is 0.312 e. The van der Waals surface area contributed by atoms with Crippen LogP contribution >= 0.6 is 11.6 Å². The maximum Gasteiger partial charge on any atom is 0.0992 e. The van der Waals surface area contributed by atoms with Crippen molar-refractivity contribution in [1.29, 1.82) is 5.26 Å². The molecule has 18 heavy (non-hydrogen) atoms. The zero-order valence-corrected chi connectivity index (χ0v) is 11.6. The topological polar surface area (TPSA) is 35.8 Å². The second-order valence-corrected chi connectivity index (χ2v) is 5.68. The second kappa shape index (κ2) is 5.73. The molecule has 0 aliphatic heterocycles. The van der Waals surface area contributed by atoms with E-state index in [4.69, 9.17) is 16.9 Å². The van der Waals surface area contributed by atoms with E-state index in [1.807, 2.05) is 12.1 Å². The summed E-state index contributed by atoms with van der Waals surface area (Å²) >= 11 is 6.14. The highest BCUT2D eigenvalue weighted by molar-refractivity contribution is 6.31. The van der Waals surface area contributed by atoms with E-state index < -0.39 is 0 Å². The number of nitriles is 1. The Morgan fingerprint density at radius 2 is 2.22 bits per heavy atom. The molecule has 2 nitrogen and oxygen atoms in total. The number of nitrogens with one attached hydrogen (secondary N) is 1. The SMILES string of the molecule is CCCC1(CNCc2ccc(C#N)cc2Cl)CC1. The van der Waals surface area contributed by atoms with Gasteiger partial charge in [0, 0.05) is 18.1 Å². The molecular weight excluding hydrogens is 244 g/mol. The first-order chi connectivity index (χ1) is 8.69. The summed E-state index contributed by atoms with van der Waals surface area (Å²) in [5.74, 6) is 0. The van der Waals surface area contributed by atoms with Gasteiger partial charge in [-0.2, -0.15) is 5.26 Å². The van der Waals surface area contributed by atoms with Crippen molar-refractivity contribution in [2.24, 2.45) is 5.41 Å². The van der Waals surface area contributed by atoms with Gasteiger partial charge in [0.25, 0.3) is 0 Å². The maximum absolute atomic E-state index is 8.78. The fourth-order valence-electron chi connectivity index (χ4n) is 2.44. The second-order valence-electron chi connectivity index (χ2n) is 5.27. The summed E-state index contributed by atoms with van der Waals surface area (Å²) in [6, 6.07) is 7.59. The minimum absolute atomic E-state index is 0.563. The van der Waals surface area contributed by atoms with E-state index in [2.05, 4.69) is 18.3 Å². The predicted octanol–water partition coefficient (Wildman–Crippen LogP) is 3.88. The van der Waals surface area contributed by atoms with Gasteiger partial charge in [-0.15, -0.1) is 0 Å². The molecule has 3 heteroatoms. The van der Waals surface area contributed by atoms with Crippen molar-refractivity contribution in [3.8, 4) is 6.07 Å². The molecule has 2 rings (SSSR count). The first kappa shape index (κ1) is 13.4. The number of nitrogens with zero attached hydrogens (tertiary/aromatic N) is 1. The van der Waals surface area contributed by atoms with Gasteiger partial charge in [0.15, 0.2) is 0 Å². The minimum atomic E-state index is 0.563. The Bertz CT molecular complexity index is 458. The number of rotatable bonds is 6. The highest BCUT2D eigenvalue weighted by Gasteiger charge is 2.40. The Morgan fingerprint density at radius 3 is 2.78 bits per heavy atom. The molecule has 1 fully saturated rings. The standard InChI is InChI=1S/C15H19ClN2/c1-2-5-15(6-7-15)11-18-10-13-4-3-12(9-17)8-14(13)16/h3-4,8,18H,2,5-7,10-11H2,1H3. The lowest BCUT2D eigenvalue weighted by atomic mass is 10.0. The summed E-state index contributed by atoms with van der Waals surface area (Å²) in [6.45, 7) is 4.12. The van der Waals surface area contributed by atoms with Gasteiger partial charge in [0.05, 0.1) is 11.6 Å². The van der Waals surface area contributed by atoms with Gasteiger partial charge >= 0.3 is 0 Å². The van der Waals surface area contributed by atoms with Crippen molar-refractivity contribution in [3.63, 3.8) is 0 Å². The lowest BCUT2D eigenvalue weighted by Crippen LogP contribution is -2.23. The van der Waals surface area contributed by atoms with E-state index in [1.54, 1.807) is 6.07 Å². The number of hydrogen-bond acceptors (Lipinski definition) is 2. The van der Waals surface area contributed by atoms with Crippen molar-refractivity contribution in [2.75, 3.05) is 6.54 Å². The fourth-order valence-corrected chi connectivity index (χ4v) is 2.69. The van der Waals surface area contributed by atoms with Crippen LogP contribution in [-0.2, 0) is 6.54 Å². The summed E-state index contributed by atoms with van der Waals surface area (Å²) < 4.78 is 0. The lowest BCUT2D eigenvalue weighted by Gasteiger charge is -2.15. The highest BCUT2D eigenvalue weighted by Crippen LogP contribution is 2.48. The summed E-state index contributed by atoms with van der Waals surface area (Å²) in [5.41, 5.74) is 2.25. The Balaban J connectivity index is 1.86. The smallest absolute Gasteiger partial charge is 0.0992 e. The molecule has 0 aromatic heterocycles. The monoisotopic (exact) mass is 262 g/mol. The van der Waals surface area contributed by atoms with E-state index in [0.717, 1.165) is 18.7 Å². The van der Waals surface area contributed by atoms with Crippen LogP contribution in [0.1, 0.15) is 43.7 Å². The van der Waals surface area contributed by atoms with Gasteiger partial charge in [0.1, 0.15) is 0 Å². The van der Waals surface area contributed by atoms with Gasteiger partial charge < -0.3 is 5.32 Å². The van der Waals surface area contributed by atoms with E-state index in [9.17, 15) is 0 Å². The van der Waals surface area contributed by atoms with Gasteiger partial charge in [-0.25, -0.2) is 0 Å². The van der Waals surface area contributed by atoms with Crippen molar-refractivity contribution < 1.29 is 0 Å². The van der Waals surface area contributed by atoms with E-state index in [-0.39, 0.29) is 0 Å². The molecule has 0 unspecified atom stereocenters. The quantitative estimate of drug-likeness (QED) is 0.844. The van der Waals surface area contributed by atoms with Gasteiger partial charge in [0.2, 0.25) is 0 Å². The number of halogens is 1. The number of benzene rings is 1. The minimum Gasteiger partial charge on any atom is -0.312 e. The molecule has 96 valence electrons. The number of hydrogen-bond donors (Lipinski definition) is 1. The third-order valence-corrected chi connectivity index (χ3v) is 4.09. The molecular formula is C15H19ClN2. The fraction of sp³-hybridized carbons (Fsp3) is 0.533. The molecule has 1 aromatic rings. The van der Waals surface area contributed by atoms with Gasteiger partial charge in [-0.1, -0.05) is 31.0 Å². The van der Waals surface area contributed by atoms with E-state index in [0.29, 0.717) is 16.0 Å². The van der Waals surface area contributed by atoms with Crippen LogP contribution < -0.4 is 5.32 Å². The van der Waals surface area contributed by atoms with Crippen LogP contribution in [0.4, 0.5) is 0 Å². The summed E-state index contributed by atoms with van der Waals surface area (Å²) in [5, 5.41) is 13.0. The van der Waals surface area contributed by atoms with Crippen LogP contribution in [0.25, 0.3) is 0 Å². The summed E-state index contributed by atoms with van der Waals surface area (Å²) in [4.78, 5) is 0. The molecule has 0 bridgehead atoms. The molecule has 0 spiro atoms. The van der Waals surface area contributed by atoms with Crippen LogP contribution in [0.2, 0.25) is 5.02 Å². The molecule has 1 N–H and O–H groups in total. The summed E-state index contributed by atoms with van der Waals surface area (Å²) in [7, 11) is 0. The Morgan fingerprint density at radius 1 is 1.44 bits per heavy atom. The Hall–Kier alpha value is -1.04. The van der Waals surface area contributed by atoms with Crippen LogP contribution in [0.5, 0.6) is 0 Å². The third kappa shape index (κ3) is 3.25. The molecule has 0 amide bonds. The molecule has 1 aliphatic carbocycles. The molecule has 1 aromatic carbocycles.